The van der Waals surface area contributed by atoms with E-state index >= 15 is 0 Å². The van der Waals surface area contributed by atoms with Crippen molar-refractivity contribution in [2.24, 2.45) is 5.73 Å². The van der Waals surface area contributed by atoms with Crippen molar-refractivity contribution in [2.45, 2.75) is 26.3 Å². The van der Waals surface area contributed by atoms with E-state index in [1.165, 1.54) is 0 Å². The Labute approximate surface area is 148 Å². The van der Waals surface area contributed by atoms with Crippen molar-refractivity contribution in [2.75, 3.05) is 5.32 Å². The van der Waals surface area contributed by atoms with Gasteiger partial charge in [-0.3, -0.25) is 9.89 Å². The summed E-state index contributed by atoms with van der Waals surface area (Å²) >= 11 is 5.89. The number of amides is 1. The van der Waals surface area contributed by atoms with E-state index in [9.17, 15) is 4.79 Å². The standard InChI is InChI=1S/C16H17ClN6O2/c1-9-12(15(17)25-23-9)6-7-14(24)19-11-4-2-10(3-5-11)16-20-13(8-18)21-22-16/h2-5H,6-8,18H2,1H3,(H,19,24)(H,20,21,22). The van der Waals surface area contributed by atoms with Crippen LogP contribution >= 0.6 is 11.6 Å². The number of hydrogen-bond donors (Lipinski definition) is 3. The fraction of sp³-hybridized carbons (Fsp3) is 0.250. The predicted octanol–water partition coefficient (Wildman–Crippen LogP) is 2.45. The molecule has 0 bridgehead atoms. The lowest BCUT2D eigenvalue weighted by molar-refractivity contribution is -0.116. The van der Waals surface area contributed by atoms with Gasteiger partial charge in [-0.25, -0.2) is 4.98 Å². The van der Waals surface area contributed by atoms with Gasteiger partial charge in [-0.05, 0) is 49.2 Å². The van der Waals surface area contributed by atoms with Crippen molar-refractivity contribution in [1.29, 1.82) is 0 Å². The molecule has 0 radical (unpaired) electrons. The number of nitrogens with one attached hydrogen (secondary N) is 2. The molecule has 1 aromatic carbocycles. The molecule has 3 rings (SSSR count). The zero-order valence-corrected chi connectivity index (χ0v) is 14.3. The zero-order valence-electron chi connectivity index (χ0n) is 13.5. The number of nitrogens with zero attached hydrogens (tertiary/aromatic N) is 3. The van der Waals surface area contributed by atoms with Gasteiger partial charge in [-0.1, -0.05) is 5.16 Å². The summed E-state index contributed by atoms with van der Waals surface area (Å²) in [5, 5.41) is 13.7. The number of benzene rings is 1. The topological polar surface area (TPSA) is 123 Å². The van der Waals surface area contributed by atoms with Crippen LogP contribution < -0.4 is 11.1 Å². The molecule has 2 aromatic heterocycles. The molecule has 0 unspecified atom stereocenters. The number of anilines is 1. The van der Waals surface area contributed by atoms with Gasteiger partial charge in [0, 0.05) is 23.2 Å². The number of aromatic nitrogens is 4. The molecular weight excluding hydrogens is 344 g/mol. The quantitative estimate of drug-likeness (QED) is 0.620. The van der Waals surface area contributed by atoms with Crippen LogP contribution in [0.1, 0.15) is 23.5 Å². The summed E-state index contributed by atoms with van der Waals surface area (Å²) in [6.45, 7) is 2.09. The molecule has 0 spiro atoms. The molecule has 2 heterocycles. The van der Waals surface area contributed by atoms with Gasteiger partial charge < -0.3 is 15.6 Å². The van der Waals surface area contributed by atoms with E-state index in [4.69, 9.17) is 21.9 Å². The van der Waals surface area contributed by atoms with Crippen molar-refractivity contribution in [3.8, 4) is 11.4 Å². The molecule has 1 amide bonds. The van der Waals surface area contributed by atoms with E-state index in [-0.39, 0.29) is 17.5 Å². The summed E-state index contributed by atoms with van der Waals surface area (Å²) < 4.78 is 4.87. The summed E-state index contributed by atoms with van der Waals surface area (Å²) in [6.07, 6.45) is 0.751. The normalized spacial score (nSPS) is 10.8. The van der Waals surface area contributed by atoms with Crippen LogP contribution in [-0.4, -0.2) is 26.2 Å². The van der Waals surface area contributed by atoms with E-state index in [1.807, 2.05) is 12.1 Å². The molecule has 0 aliphatic carbocycles. The number of halogens is 1. The van der Waals surface area contributed by atoms with Crippen LogP contribution in [0.5, 0.6) is 0 Å². The fourth-order valence-corrected chi connectivity index (χ4v) is 2.59. The maximum Gasteiger partial charge on any atom is 0.229 e. The maximum atomic E-state index is 12.1. The summed E-state index contributed by atoms with van der Waals surface area (Å²) in [4.78, 5) is 16.3. The Bertz CT molecular complexity index is 852. The van der Waals surface area contributed by atoms with Gasteiger partial charge in [0.25, 0.3) is 0 Å². The Hall–Kier alpha value is -2.71. The Morgan fingerprint density at radius 3 is 2.72 bits per heavy atom. The number of rotatable bonds is 6. The smallest absolute Gasteiger partial charge is 0.229 e. The highest BCUT2D eigenvalue weighted by Gasteiger charge is 2.13. The second-order valence-corrected chi connectivity index (χ2v) is 5.80. The molecule has 4 N–H and O–H groups in total. The van der Waals surface area contributed by atoms with Gasteiger partial charge in [0.1, 0.15) is 5.82 Å². The number of carbonyl (C=O) groups excluding carboxylic acids is 1. The number of carbonyl (C=O) groups is 1. The molecule has 25 heavy (non-hydrogen) atoms. The van der Waals surface area contributed by atoms with Gasteiger partial charge in [-0.2, -0.15) is 5.10 Å². The van der Waals surface area contributed by atoms with E-state index in [2.05, 4.69) is 25.7 Å². The summed E-state index contributed by atoms with van der Waals surface area (Å²) in [5.74, 6) is 1.07. The second-order valence-electron chi connectivity index (χ2n) is 5.46. The van der Waals surface area contributed by atoms with Crippen LogP contribution in [0.15, 0.2) is 28.8 Å². The first-order chi connectivity index (χ1) is 12.1. The van der Waals surface area contributed by atoms with Crippen molar-refractivity contribution >= 4 is 23.2 Å². The first-order valence-electron chi connectivity index (χ1n) is 7.69. The van der Waals surface area contributed by atoms with Gasteiger partial charge in [0.15, 0.2) is 5.82 Å². The highest BCUT2D eigenvalue weighted by atomic mass is 35.5. The Kier molecular flexibility index (Phi) is 5.11. The number of aromatic amines is 1. The second kappa shape index (κ2) is 7.45. The van der Waals surface area contributed by atoms with Gasteiger partial charge >= 0.3 is 0 Å². The van der Waals surface area contributed by atoms with Crippen LogP contribution in [-0.2, 0) is 17.8 Å². The van der Waals surface area contributed by atoms with Crippen molar-refractivity contribution in [3.05, 3.63) is 46.6 Å². The molecule has 0 saturated carbocycles. The molecule has 3 aromatic rings. The molecule has 9 heteroatoms. The molecule has 0 atom stereocenters. The van der Waals surface area contributed by atoms with Crippen LogP contribution in [0, 0.1) is 6.92 Å². The average molecular weight is 361 g/mol. The Balaban J connectivity index is 1.58. The monoisotopic (exact) mass is 360 g/mol. The third-order valence-electron chi connectivity index (χ3n) is 3.69. The largest absolute Gasteiger partial charge is 0.344 e. The summed E-state index contributed by atoms with van der Waals surface area (Å²) in [6, 6.07) is 7.26. The van der Waals surface area contributed by atoms with Gasteiger partial charge in [0.05, 0.1) is 12.2 Å². The van der Waals surface area contributed by atoms with Crippen LogP contribution in [0.2, 0.25) is 5.22 Å². The molecule has 0 saturated heterocycles. The van der Waals surface area contributed by atoms with E-state index in [1.54, 1.807) is 19.1 Å². The highest BCUT2D eigenvalue weighted by Crippen LogP contribution is 2.21. The first kappa shape index (κ1) is 17.1. The molecule has 0 aliphatic rings. The SMILES string of the molecule is Cc1noc(Cl)c1CCC(=O)Nc1ccc(-c2n[nH]c(CN)n2)cc1. The minimum absolute atomic E-state index is 0.118. The molecule has 8 nitrogen and oxygen atoms in total. The highest BCUT2D eigenvalue weighted by molar-refractivity contribution is 6.29. The van der Waals surface area contributed by atoms with E-state index < -0.39 is 0 Å². The van der Waals surface area contributed by atoms with E-state index in [0.29, 0.717) is 36.0 Å². The lowest BCUT2D eigenvalue weighted by atomic mass is 10.1. The summed E-state index contributed by atoms with van der Waals surface area (Å²) in [5.41, 5.74) is 8.48. The molecule has 130 valence electrons. The van der Waals surface area contributed by atoms with Gasteiger partial charge in [-0.15, -0.1) is 0 Å². The van der Waals surface area contributed by atoms with Crippen molar-refractivity contribution < 1.29 is 9.32 Å². The zero-order chi connectivity index (χ0) is 17.8. The Morgan fingerprint density at radius 2 is 2.12 bits per heavy atom. The average Bonchev–Trinajstić information content (AvgIpc) is 3.21. The number of nitrogens with two attached hydrogens (primary N) is 1. The fourth-order valence-electron chi connectivity index (χ4n) is 2.32. The number of H-pyrrole nitrogens is 1. The molecular formula is C16H17ClN6O2. The predicted molar refractivity (Wildman–Crippen MR) is 92.9 cm³/mol. The molecule has 0 aliphatic heterocycles. The number of hydrogen-bond acceptors (Lipinski definition) is 6. The lowest BCUT2D eigenvalue weighted by Crippen LogP contribution is -2.12. The van der Waals surface area contributed by atoms with Crippen molar-refractivity contribution in [3.63, 3.8) is 0 Å². The number of aryl methyl sites for hydroxylation is 1. The third kappa shape index (κ3) is 4.04. The summed E-state index contributed by atoms with van der Waals surface area (Å²) in [7, 11) is 0. The van der Waals surface area contributed by atoms with Gasteiger partial charge in [0.2, 0.25) is 11.1 Å². The maximum absolute atomic E-state index is 12.1. The van der Waals surface area contributed by atoms with Crippen LogP contribution in [0.25, 0.3) is 11.4 Å². The Morgan fingerprint density at radius 1 is 1.36 bits per heavy atom. The lowest BCUT2D eigenvalue weighted by Gasteiger charge is -2.05. The van der Waals surface area contributed by atoms with Crippen molar-refractivity contribution in [1.82, 2.24) is 20.3 Å². The van der Waals surface area contributed by atoms with Crippen LogP contribution in [0.4, 0.5) is 5.69 Å². The minimum atomic E-state index is -0.118. The minimum Gasteiger partial charge on any atom is -0.344 e. The first-order valence-corrected chi connectivity index (χ1v) is 8.07. The molecule has 0 fully saturated rings. The van der Waals surface area contributed by atoms with Crippen LogP contribution in [0.3, 0.4) is 0 Å². The van der Waals surface area contributed by atoms with E-state index in [0.717, 1.165) is 11.1 Å². The third-order valence-corrected chi connectivity index (χ3v) is 3.99.